The number of carbonyl (C=O) groups is 1. The summed E-state index contributed by atoms with van der Waals surface area (Å²) in [5.41, 5.74) is 9.23. The lowest BCUT2D eigenvalue weighted by Gasteiger charge is -2.28. The van der Waals surface area contributed by atoms with Crippen molar-refractivity contribution >= 4 is 18.3 Å². The molecule has 0 aromatic heterocycles. The number of hydrogen-bond acceptors (Lipinski definition) is 2. The lowest BCUT2D eigenvalue weighted by molar-refractivity contribution is -0.127. The Hall–Kier alpha value is -1.06. The summed E-state index contributed by atoms with van der Waals surface area (Å²) < 4.78 is 0. The van der Waals surface area contributed by atoms with Gasteiger partial charge in [-0.1, -0.05) is 24.3 Å². The maximum atomic E-state index is 12.6. The molecule has 2 bridgehead atoms. The summed E-state index contributed by atoms with van der Waals surface area (Å²) in [6, 6.07) is 8.67. The lowest BCUT2D eigenvalue weighted by Crippen LogP contribution is -2.46. The van der Waals surface area contributed by atoms with Crippen LogP contribution in [-0.2, 0) is 10.2 Å². The Labute approximate surface area is 144 Å². The summed E-state index contributed by atoms with van der Waals surface area (Å²) in [6.07, 6.45) is 5.95. The highest BCUT2D eigenvalue weighted by molar-refractivity contribution is 5.85. The number of carbonyl (C=O) groups excluding carboxylic acids is 1. The van der Waals surface area contributed by atoms with Crippen LogP contribution in [0.4, 0.5) is 0 Å². The molecule has 4 unspecified atom stereocenters. The van der Waals surface area contributed by atoms with Crippen molar-refractivity contribution in [1.82, 2.24) is 5.32 Å². The van der Waals surface area contributed by atoms with Crippen LogP contribution in [0.5, 0.6) is 0 Å². The maximum absolute atomic E-state index is 12.6. The minimum Gasteiger partial charge on any atom is -0.355 e. The van der Waals surface area contributed by atoms with Crippen LogP contribution in [0, 0.1) is 24.7 Å². The van der Waals surface area contributed by atoms with Crippen molar-refractivity contribution in [2.75, 3.05) is 6.54 Å². The second kappa shape index (κ2) is 6.10. The Morgan fingerprint density at radius 1 is 1.26 bits per heavy atom. The van der Waals surface area contributed by atoms with Gasteiger partial charge in [-0.3, -0.25) is 4.79 Å². The fourth-order valence-corrected chi connectivity index (χ4v) is 4.96. The van der Waals surface area contributed by atoms with Crippen LogP contribution in [0.3, 0.4) is 0 Å². The average Bonchev–Trinajstić information content (AvgIpc) is 3.03. The number of hydrogen-bond donors (Lipinski definition) is 2. The average molecular weight is 335 g/mol. The molecule has 126 valence electrons. The zero-order valence-electron chi connectivity index (χ0n) is 13.8. The number of nitrogens with two attached hydrogens (primary N) is 1. The molecule has 3 aliphatic carbocycles. The van der Waals surface area contributed by atoms with Gasteiger partial charge >= 0.3 is 0 Å². The first-order valence-corrected chi connectivity index (χ1v) is 8.70. The molecular formula is C19H27ClN2O. The van der Waals surface area contributed by atoms with Gasteiger partial charge in [-0.25, -0.2) is 0 Å². The molecule has 0 saturated heterocycles. The van der Waals surface area contributed by atoms with Gasteiger partial charge in [0.25, 0.3) is 0 Å². The lowest BCUT2D eigenvalue weighted by atomic mass is 9.84. The summed E-state index contributed by atoms with van der Waals surface area (Å²) in [5, 5.41) is 3.25. The number of aryl methyl sites for hydroxylation is 1. The smallest absolute Gasteiger partial charge is 0.224 e. The first-order valence-electron chi connectivity index (χ1n) is 8.70. The SMILES string of the molecule is Cc1ccccc1C1(CNC(=O)C2C3CCC(C3)C2N)CC1.Cl. The highest BCUT2D eigenvalue weighted by Crippen LogP contribution is 2.50. The summed E-state index contributed by atoms with van der Waals surface area (Å²) in [4.78, 5) is 12.6. The van der Waals surface area contributed by atoms with Gasteiger partial charge in [0.1, 0.15) is 0 Å². The standard InChI is InChI=1S/C19H26N2O.ClH/c1-12-4-2-3-5-15(12)19(8-9-19)11-21-18(22)16-13-6-7-14(10-13)17(16)20;/h2-5,13-14,16-17H,6-11,20H2,1H3,(H,21,22);1H. The minimum atomic E-state index is 0. The van der Waals surface area contributed by atoms with Crippen LogP contribution in [0.2, 0.25) is 0 Å². The molecule has 1 aromatic carbocycles. The molecule has 0 aliphatic heterocycles. The Morgan fingerprint density at radius 3 is 2.57 bits per heavy atom. The van der Waals surface area contributed by atoms with Crippen molar-refractivity contribution in [1.29, 1.82) is 0 Å². The second-order valence-corrected chi connectivity index (χ2v) is 7.75. The summed E-state index contributed by atoms with van der Waals surface area (Å²) in [7, 11) is 0. The third kappa shape index (κ3) is 2.78. The van der Waals surface area contributed by atoms with Crippen LogP contribution in [0.1, 0.15) is 43.2 Å². The second-order valence-electron chi connectivity index (χ2n) is 7.75. The van der Waals surface area contributed by atoms with Gasteiger partial charge in [0.15, 0.2) is 0 Å². The van der Waals surface area contributed by atoms with Crippen molar-refractivity contribution in [3.63, 3.8) is 0 Å². The van der Waals surface area contributed by atoms with Crippen molar-refractivity contribution in [2.45, 2.75) is 50.5 Å². The van der Waals surface area contributed by atoms with E-state index in [0.29, 0.717) is 11.8 Å². The van der Waals surface area contributed by atoms with E-state index in [1.165, 1.54) is 43.2 Å². The van der Waals surface area contributed by atoms with Crippen LogP contribution in [0.25, 0.3) is 0 Å². The van der Waals surface area contributed by atoms with Crippen LogP contribution in [-0.4, -0.2) is 18.5 Å². The predicted octanol–water partition coefficient (Wildman–Crippen LogP) is 2.94. The van der Waals surface area contributed by atoms with E-state index in [9.17, 15) is 4.79 Å². The number of rotatable bonds is 4. The molecule has 4 rings (SSSR count). The van der Waals surface area contributed by atoms with Crippen molar-refractivity contribution in [3.8, 4) is 0 Å². The van der Waals surface area contributed by atoms with Gasteiger partial charge in [-0.05, 0) is 62.0 Å². The highest BCUT2D eigenvalue weighted by atomic mass is 35.5. The minimum absolute atomic E-state index is 0. The van der Waals surface area contributed by atoms with E-state index in [2.05, 4.69) is 36.5 Å². The van der Waals surface area contributed by atoms with Gasteiger partial charge in [0, 0.05) is 18.0 Å². The Kier molecular flexibility index (Phi) is 4.45. The third-order valence-corrected chi connectivity index (χ3v) is 6.45. The molecule has 3 aliphatic rings. The van der Waals surface area contributed by atoms with E-state index >= 15 is 0 Å². The Balaban J connectivity index is 0.00000156. The van der Waals surface area contributed by atoms with Crippen molar-refractivity contribution in [3.05, 3.63) is 35.4 Å². The van der Waals surface area contributed by atoms with E-state index in [1.807, 2.05) is 0 Å². The number of benzene rings is 1. The van der Waals surface area contributed by atoms with Crippen molar-refractivity contribution < 1.29 is 4.79 Å². The largest absolute Gasteiger partial charge is 0.355 e. The molecule has 1 aromatic rings. The monoisotopic (exact) mass is 334 g/mol. The molecule has 3 nitrogen and oxygen atoms in total. The van der Waals surface area contributed by atoms with Gasteiger partial charge in [0.2, 0.25) is 5.91 Å². The summed E-state index contributed by atoms with van der Waals surface area (Å²) >= 11 is 0. The van der Waals surface area contributed by atoms with Crippen LogP contribution >= 0.6 is 12.4 Å². The first kappa shape index (κ1) is 16.8. The summed E-state index contributed by atoms with van der Waals surface area (Å²) in [6.45, 7) is 2.94. The van der Waals surface area contributed by atoms with Crippen LogP contribution < -0.4 is 11.1 Å². The van der Waals surface area contributed by atoms with E-state index in [1.54, 1.807) is 0 Å². The zero-order valence-corrected chi connectivity index (χ0v) is 14.6. The van der Waals surface area contributed by atoms with E-state index in [0.717, 1.165) is 6.54 Å². The van der Waals surface area contributed by atoms with Gasteiger partial charge < -0.3 is 11.1 Å². The van der Waals surface area contributed by atoms with Gasteiger partial charge in [0.05, 0.1) is 5.92 Å². The number of amides is 1. The summed E-state index contributed by atoms with van der Waals surface area (Å²) in [5.74, 6) is 1.39. The molecule has 0 radical (unpaired) electrons. The fourth-order valence-electron chi connectivity index (χ4n) is 4.96. The van der Waals surface area contributed by atoms with Gasteiger partial charge in [-0.15, -0.1) is 12.4 Å². The topological polar surface area (TPSA) is 55.1 Å². The first-order chi connectivity index (χ1) is 10.6. The number of nitrogens with one attached hydrogen (secondary N) is 1. The molecule has 3 fully saturated rings. The van der Waals surface area contributed by atoms with E-state index in [4.69, 9.17) is 5.73 Å². The quantitative estimate of drug-likeness (QED) is 0.889. The normalized spacial score (nSPS) is 33.1. The molecule has 0 spiro atoms. The molecule has 3 saturated carbocycles. The Morgan fingerprint density at radius 2 is 1.96 bits per heavy atom. The molecule has 0 heterocycles. The molecule has 23 heavy (non-hydrogen) atoms. The Bertz CT molecular complexity index is 597. The maximum Gasteiger partial charge on any atom is 0.224 e. The van der Waals surface area contributed by atoms with Crippen molar-refractivity contribution in [2.24, 2.45) is 23.5 Å². The third-order valence-electron chi connectivity index (χ3n) is 6.45. The molecular weight excluding hydrogens is 308 g/mol. The highest BCUT2D eigenvalue weighted by Gasteiger charge is 2.50. The molecule has 4 atom stereocenters. The fraction of sp³-hybridized carbons (Fsp3) is 0.632. The van der Waals surface area contributed by atoms with Gasteiger partial charge in [-0.2, -0.15) is 0 Å². The molecule has 4 heteroatoms. The van der Waals surface area contributed by atoms with E-state index < -0.39 is 0 Å². The number of fused-ring (bicyclic) bond motifs is 2. The van der Waals surface area contributed by atoms with Crippen LogP contribution in [0.15, 0.2) is 24.3 Å². The number of halogens is 1. The zero-order chi connectivity index (χ0) is 15.3. The van der Waals surface area contributed by atoms with E-state index in [-0.39, 0.29) is 35.7 Å². The molecule has 3 N–H and O–H groups in total. The molecule has 1 amide bonds. The predicted molar refractivity (Wildman–Crippen MR) is 94.6 cm³/mol.